The van der Waals surface area contributed by atoms with Gasteiger partial charge in [-0.05, 0) is 31.5 Å². The lowest BCUT2D eigenvalue weighted by Gasteiger charge is -2.19. The molecule has 4 N–H and O–H groups in total. The van der Waals surface area contributed by atoms with Gasteiger partial charge in [0.2, 0.25) is 0 Å². The van der Waals surface area contributed by atoms with E-state index in [1.807, 2.05) is 0 Å². The van der Waals surface area contributed by atoms with E-state index in [4.69, 9.17) is 20.6 Å². The summed E-state index contributed by atoms with van der Waals surface area (Å²) in [6.07, 6.45) is -1.46. The summed E-state index contributed by atoms with van der Waals surface area (Å²) in [6.45, 7) is 3.71. The zero-order valence-corrected chi connectivity index (χ0v) is 15.7. The number of hydrogen-bond donors (Lipinski definition) is 3. The minimum absolute atomic E-state index is 0.0628. The van der Waals surface area contributed by atoms with E-state index in [0.717, 1.165) is 11.6 Å². The highest BCUT2D eigenvalue weighted by Gasteiger charge is 2.29. The van der Waals surface area contributed by atoms with E-state index in [9.17, 15) is 13.6 Å². The quantitative estimate of drug-likeness (QED) is 0.452. The van der Waals surface area contributed by atoms with Crippen molar-refractivity contribution in [2.45, 2.75) is 26.5 Å². The van der Waals surface area contributed by atoms with Gasteiger partial charge >= 0.3 is 0 Å². The van der Waals surface area contributed by atoms with E-state index in [2.05, 4.69) is 5.32 Å². The van der Waals surface area contributed by atoms with Crippen LogP contribution < -0.4 is 15.8 Å². The fourth-order valence-corrected chi connectivity index (χ4v) is 2.60. The van der Waals surface area contributed by atoms with Crippen LogP contribution in [0.25, 0.3) is 0 Å². The molecule has 2 rings (SSSR count). The monoisotopic (exact) mass is 391 g/mol. The highest BCUT2D eigenvalue weighted by Crippen LogP contribution is 2.30. The number of ether oxygens (including phenoxy) is 2. The van der Waals surface area contributed by atoms with Gasteiger partial charge < -0.3 is 20.5 Å². The minimum atomic E-state index is -1.46. The fraction of sp³-hybridized carbons (Fsp3) is 0.300. The molecule has 0 fully saturated rings. The van der Waals surface area contributed by atoms with E-state index < -0.39 is 29.2 Å². The second-order valence-corrected chi connectivity index (χ2v) is 5.87. The van der Waals surface area contributed by atoms with Crippen molar-refractivity contribution < 1.29 is 23.0 Å². The molecule has 1 atom stereocenters. The molecule has 0 aliphatic rings. The van der Waals surface area contributed by atoms with Gasteiger partial charge in [-0.3, -0.25) is 10.2 Å². The fourth-order valence-electron chi connectivity index (χ4n) is 2.60. The van der Waals surface area contributed by atoms with Crippen molar-refractivity contribution in [2.24, 2.45) is 5.73 Å². The molecule has 6 nitrogen and oxygen atoms in total. The highest BCUT2D eigenvalue weighted by atomic mass is 19.1. The summed E-state index contributed by atoms with van der Waals surface area (Å²) in [5.41, 5.74) is 6.20. The van der Waals surface area contributed by atoms with Gasteiger partial charge in [-0.15, -0.1) is 0 Å². The summed E-state index contributed by atoms with van der Waals surface area (Å²) < 4.78 is 39.5. The molecule has 1 unspecified atom stereocenters. The lowest BCUT2D eigenvalue weighted by atomic mass is 10.1. The maximum atomic E-state index is 14.7. The van der Waals surface area contributed by atoms with E-state index in [1.165, 1.54) is 6.07 Å². The van der Waals surface area contributed by atoms with E-state index in [-0.39, 0.29) is 31.3 Å². The van der Waals surface area contributed by atoms with Crippen molar-refractivity contribution in [2.75, 3.05) is 13.2 Å². The van der Waals surface area contributed by atoms with Gasteiger partial charge in [0.1, 0.15) is 11.7 Å². The Kier molecular flexibility index (Phi) is 7.45. The van der Waals surface area contributed by atoms with Crippen LogP contribution in [0.2, 0.25) is 0 Å². The minimum Gasteiger partial charge on any atom is -0.491 e. The number of carbonyl (C=O) groups excluding carboxylic acids is 1. The first kappa shape index (κ1) is 21.3. The number of halogens is 2. The van der Waals surface area contributed by atoms with Crippen LogP contribution in [-0.2, 0) is 16.1 Å². The molecule has 0 aromatic heterocycles. The maximum Gasteiger partial charge on any atom is 0.254 e. The molecular weight excluding hydrogens is 368 g/mol. The average Bonchev–Trinajstić information content (AvgIpc) is 2.68. The third kappa shape index (κ3) is 5.04. The van der Waals surface area contributed by atoms with Crippen LogP contribution in [0, 0.1) is 17.0 Å². The Morgan fingerprint density at radius 3 is 2.39 bits per heavy atom. The summed E-state index contributed by atoms with van der Waals surface area (Å²) >= 11 is 0. The Morgan fingerprint density at radius 2 is 1.82 bits per heavy atom. The predicted molar refractivity (Wildman–Crippen MR) is 101 cm³/mol. The Labute approximate surface area is 162 Å². The molecule has 0 bridgehead atoms. The lowest BCUT2D eigenvalue weighted by molar-refractivity contribution is -0.133. The second kappa shape index (κ2) is 9.80. The molecule has 150 valence electrons. The molecule has 0 aliphatic heterocycles. The van der Waals surface area contributed by atoms with Crippen molar-refractivity contribution in [1.29, 1.82) is 5.41 Å². The Morgan fingerprint density at radius 1 is 1.14 bits per heavy atom. The number of carbonyl (C=O) groups is 1. The summed E-state index contributed by atoms with van der Waals surface area (Å²) in [5, 5.41) is 9.99. The molecule has 0 heterocycles. The van der Waals surface area contributed by atoms with Gasteiger partial charge in [0.15, 0.2) is 17.7 Å². The van der Waals surface area contributed by atoms with Crippen LogP contribution in [0.1, 0.15) is 36.6 Å². The maximum absolute atomic E-state index is 14.7. The van der Waals surface area contributed by atoms with Crippen LogP contribution in [0.5, 0.6) is 5.75 Å². The van der Waals surface area contributed by atoms with Gasteiger partial charge in [0.05, 0.1) is 12.2 Å². The molecule has 2 aromatic carbocycles. The summed E-state index contributed by atoms with van der Waals surface area (Å²) in [6, 6.07) is 8.91. The number of benzene rings is 2. The van der Waals surface area contributed by atoms with E-state index >= 15 is 0 Å². The van der Waals surface area contributed by atoms with Gasteiger partial charge in [-0.1, -0.05) is 24.3 Å². The SMILES string of the molecule is CCOc1ccc(F)c(C(OCC)C(=O)NCc2ccc(C(=N)N)cc2)c1F. The molecule has 0 radical (unpaired) electrons. The largest absolute Gasteiger partial charge is 0.491 e. The first-order chi connectivity index (χ1) is 13.4. The average molecular weight is 391 g/mol. The lowest BCUT2D eigenvalue weighted by Crippen LogP contribution is -2.31. The molecule has 0 saturated carbocycles. The first-order valence-corrected chi connectivity index (χ1v) is 8.82. The number of amidine groups is 1. The van der Waals surface area contributed by atoms with Crippen molar-refractivity contribution in [3.63, 3.8) is 0 Å². The summed E-state index contributed by atoms with van der Waals surface area (Å²) in [7, 11) is 0. The topological polar surface area (TPSA) is 97.4 Å². The molecule has 0 spiro atoms. The standard InChI is InChI=1S/C20H23F2N3O3/c1-3-27-15-10-9-14(21)16(17(15)22)18(28-4-2)20(26)25-11-12-5-7-13(8-6-12)19(23)24/h5-10,18H,3-4,11H2,1-2H3,(H3,23,24)(H,25,26). The number of amides is 1. The van der Waals surface area contributed by atoms with Crippen molar-refractivity contribution in [3.05, 3.63) is 64.7 Å². The molecule has 28 heavy (non-hydrogen) atoms. The summed E-state index contributed by atoms with van der Waals surface area (Å²) in [5.74, 6) is -2.73. The van der Waals surface area contributed by atoms with E-state index in [1.54, 1.807) is 38.1 Å². The zero-order chi connectivity index (χ0) is 20.7. The Hall–Kier alpha value is -3.00. The van der Waals surface area contributed by atoms with Gasteiger partial charge in [-0.2, -0.15) is 0 Å². The normalized spacial score (nSPS) is 11.7. The Bertz CT molecular complexity index is 841. The predicted octanol–water partition coefficient (Wildman–Crippen LogP) is 3.04. The number of nitrogen functional groups attached to an aromatic ring is 1. The Balaban J connectivity index is 2.20. The number of hydrogen-bond acceptors (Lipinski definition) is 4. The number of rotatable bonds is 9. The number of nitrogens with one attached hydrogen (secondary N) is 2. The molecule has 8 heteroatoms. The smallest absolute Gasteiger partial charge is 0.254 e. The second-order valence-electron chi connectivity index (χ2n) is 5.87. The molecule has 0 aliphatic carbocycles. The third-order valence-corrected chi connectivity index (χ3v) is 3.96. The molecular formula is C20H23F2N3O3. The molecule has 0 saturated heterocycles. The van der Waals surface area contributed by atoms with Gasteiger partial charge in [0, 0.05) is 18.7 Å². The van der Waals surface area contributed by atoms with Crippen molar-refractivity contribution >= 4 is 11.7 Å². The van der Waals surface area contributed by atoms with Crippen LogP contribution in [-0.4, -0.2) is 25.0 Å². The van der Waals surface area contributed by atoms with Crippen LogP contribution in [0.3, 0.4) is 0 Å². The zero-order valence-electron chi connectivity index (χ0n) is 15.7. The van der Waals surface area contributed by atoms with Crippen LogP contribution in [0.4, 0.5) is 8.78 Å². The highest BCUT2D eigenvalue weighted by molar-refractivity contribution is 5.94. The summed E-state index contributed by atoms with van der Waals surface area (Å²) in [4.78, 5) is 12.6. The third-order valence-electron chi connectivity index (χ3n) is 3.96. The number of nitrogens with two attached hydrogens (primary N) is 1. The van der Waals surface area contributed by atoms with Gasteiger partial charge in [-0.25, -0.2) is 8.78 Å². The first-order valence-electron chi connectivity index (χ1n) is 8.82. The molecule has 2 aromatic rings. The van der Waals surface area contributed by atoms with Crippen LogP contribution >= 0.6 is 0 Å². The van der Waals surface area contributed by atoms with Crippen molar-refractivity contribution in [1.82, 2.24) is 5.32 Å². The van der Waals surface area contributed by atoms with Crippen LogP contribution in [0.15, 0.2) is 36.4 Å². The molecule has 1 amide bonds. The van der Waals surface area contributed by atoms with Gasteiger partial charge in [0.25, 0.3) is 5.91 Å². The van der Waals surface area contributed by atoms with Crippen molar-refractivity contribution in [3.8, 4) is 5.75 Å². The van der Waals surface area contributed by atoms with E-state index in [0.29, 0.717) is 5.56 Å².